The number of piperidine rings is 1. The van der Waals surface area contributed by atoms with Crippen LogP contribution in [-0.4, -0.2) is 53.0 Å². The summed E-state index contributed by atoms with van der Waals surface area (Å²) in [7, 11) is 0. The Kier molecular flexibility index (Phi) is 4.10. The van der Waals surface area contributed by atoms with Crippen molar-refractivity contribution >= 4 is 23.5 Å². The average molecular weight is 327 g/mol. The van der Waals surface area contributed by atoms with Crippen LogP contribution in [0.2, 0.25) is 5.15 Å². The average Bonchev–Trinajstić information content (AvgIpc) is 2.78. The Labute approximate surface area is 133 Å². The predicted octanol–water partition coefficient (Wildman–Crippen LogP) is 1.77. The third-order valence-corrected chi connectivity index (χ3v) is 5.00. The van der Waals surface area contributed by atoms with Crippen LogP contribution >= 0.6 is 11.6 Å². The molecule has 2 aliphatic rings. The lowest BCUT2D eigenvalue weighted by molar-refractivity contribution is 0.0970. The quantitative estimate of drug-likeness (QED) is 0.861. The Balaban J connectivity index is 1.73. The maximum absolute atomic E-state index is 11.0. The zero-order chi connectivity index (χ0) is 15.7. The normalized spacial score (nSPS) is 27.1. The van der Waals surface area contributed by atoms with Gasteiger partial charge in [-0.15, -0.1) is 0 Å². The van der Waals surface area contributed by atoms with E-state index in [2.05, 4.69) is 20.2 Å². The van der Waals surface area contributed by atoms with Gasteiger partial charge in [0.25, 0.3) is 0 Å². The maximum Gasteiger partial charge on any atom is 0.404 e. The number of aromatic nitrogens is 2. The van der Waals surface area contributed by atoms with E-state index in [-0.39, 0.29) is 17.6 Å². The van der Waals surface area contributed by atoms with Gasteiger partial charge < -0.3 is 20.1 Å². The number of nitrogens with one attached hydrogen (secondary N) is 1. The van der Waals surface area contributed by atoms with Crippen LogP contribution in [0.5, 0.6) is 0 Å². The van der Waals surface area contributed by atoms with Crippen molar-refractivity contribution in [2.24, 2.45) is 5.41 Å². The fraction of sp³-hybridized carbons (Fsp3) is 0.643. The summed E-state index contributed by atoms with van der Waals surface area (Å²) in [5.74, 6) is 0.689. The van der Waals surface area contributed by atoms with E-state index in [0.717, 1.165) is 25.9 Å². The van der Waals surface area contributed by atoms with Crippen LogP contribution < -0.4 is 10.2 Å². The van der Waals surface area contributed by atoms with E-state index in [0.29, 0.717) is 17.6 Å². The van der Waals surface area contributed by atoms with Crippen molar-refractivity contribution in [2.75, 3.05) is 24.6 Å². The minimum atomic E-state index is -0.999. The number of anilines is 1. The molecule has 8 heteroatoms. The zero-order valence-corrected chi connectivity index (χ0v) is 13.1. The zero-order valence-electron chi connectivity index (χ0n) is 12.3. The van der Waals surface area contributed by atoms with Gasteiger partial charge in [0.2, 0.25) is 0 Å². The number of carboxylic acid groups (broad SMARTS) is 1. The van der Waals surface area contributed by atoms with Crippen LogP contribution in [0.25, 0.3) is 0 Å². The summed E-state index contributed by atoms with van der Waals surface area (Å²) < 4.78 is 5.73. The molecule has 3 rings (SSSR count). The van der Waals surface area contributed by atoms with Gasteiger partial charge in [0.05, 0.1) is 18.8 Å². The van der Waals surface area contributed by atoms with Crippen molar-refractivity contribution in [3.63, 3.8) is 0 Å². The Morgan fingerprint density at radius 2 is 2.14 bits per heavy atom. The van der Waals surface area contributed by atoms with Crippen molar-refractivity contribution < 1.29 is 14.6 Å². The van der Waals surface area contributed by atoms with Gasteiger partial charge in [-0.1, -0.05) is 11.6 Å². The number of carbonyl (C=O) groups is 1. The largest absolute Gasteiger partial charge is 0.465 e. The standard InChI is InChI=1S/C14H19ClN4O3/c1-9-10(18-13(20)21)14(8-22-9)2-6-19(7-3-14)12-11(15)16-4-5-17-12/h4-5,9-10,18H,2-3,6-8H2,1H3,(H,20,21)/t9-,10+/m0/s1. The van der Waals surface area contributed by atoms with Gasteiger partial charge >= 0.3 is 6.09 Å². The molecule has 1 aromatic rings. The summed E-state index contributed by atoms with van der Waals surface area (Å²) in [5, 5.41) is 12.1. The van der Waals surface area contributed by atoms with Crippen LogP contribution in [0, 0.1) is 5.41 Å². The predicted molar refractivity (Wildman–Crippen MR) is 81.3 cm³/mol. The van der Waals surface area contributed by atoms with E-state index in [4.69, 9.17) is 21.4 Å². The topological polar surface area (TPSA) is 87.6 Å². The number of rotatable bonds is 2. The molecule has 0 unspecified atom stereocenters. The number of hydrogen-bond donors (Lipinski definition) is 2. The number of amides is 1. The van der Waals surface area contributed by atoms with Crippen LogP contribution in [0.1, 0.15) is 19.8 Å². The van der Waals surface area contributed by atoms with Crippen LogP contribution in [0.4, 0.5) is 10.6 Å². The van der Waals surface area contributed by atoms with E-state index in [1.54, 1.807) is 12.4 Å². The highest BCUT2D eigenvalue weighted by atomic mass is 35.5. The summed E-state index contributed by atoms with van der Waals surface area (Å²) in [6.45, 7) is 4.01. The molecule has 0 bridgehead atoms. The van der Waals surface area contributed by atoms with Gasteiger partial charge in [0.1, 0.15) is 0 Å². The molecule has 120 valence electrons. The van der Waals surface area contributed by atoms with Crippen molar-refractivity contribution in [1.82, 2.24) is 15.3 Å². The van der Waals surface area contributed by atoms with E-state index in [9.17, 15) is 4.79 Å². The Hall–Kier alpha value is -1.60. The monoisotopic (exact) mass is 326 g/mol. The highest BCUT2D eigenvalue weighted by Crippen LogP contribution is 2.43. The highest BCUT2D eigenvalue weighted by molar-refractivity contribution is 6.31. The lowest BCUT2D eigenvalue weighted by Gasteiger charge is -2.42. The van der Waals surface area contributed by atoms with Gasteiger partial charge in [0, 0.05) is 30.9 Å². The second-order valence-corrected chi connectivity index (χ2v) is 6.32. The molecule has 0 saturated carbocycles. The first-order valence-electron chi connectivity index (χ1n) is 7.34. The number of nitrogens with zero attached hydrogens (tertiary/aromatic N) is 3. The molecule has 0 aliphatic carbocycles. The number of ether oxygens (including phenoxy) is 1. The molecule has 22 heavy (non-hydrogen) atoms. The SMILES string of the molecule is C[C@@H]1OCC2(CCN(c3nccnc3Cl)CC2)[C@@H]1NC(=O)O. The molecule has 1 spiro atoms. The second kappa shape index (κ2) is 5.89. The summed E-state index contributed by atoms with van der Waals surface area (Å²) in [4.78, 5) is 21.5. The van der Waals surface area contributed by atoms with Crippen molar-refractivity contribution in [3.8, 4) is 0 Å². The van der Waals surface area contributed by atoms with E-state index in [1.807, 2.05) is 6.92 Å². The first kappa shape index (κ1) is 15.3. The molecule has 0 aromatic carbocycles. The first-order chi connectivity index (χ1) is 10.5. The molecule has 2 N–H and O–H groups in total. The van der Waals surface area contributed by atoms with Gasteiger partial charge in [-0.05, 0) is 19.8 Å². The van der Waals surface area contributed by atoms with Crippen molar-refractivity contribution in [2.45, 2.75) is 31.9 Å². The van der Waals surface area contributed by atoms with Crippen LogP contribution in [0.3, 0.4) is 0 Å². The minimum absolute atomic E-state index is 0.109. The molecule has 7 nitrogen and oxygen atoms in total. The molecular weight excluding hydrogens is 308 g/mol. The van der Waals surface area contributed by atoms with E-state index in [1.165, 1.54) is 0 Å². The molecule has 2 saturated heterocycles. The Morgan fingerprint density at radius 3 is 2.77 bits per heavy atom. The third kappa shape index (κ3) is 2.70. The molecule has 1 amide bonds. The lowest BCUT2D eigenvalue weighted by atomic mass is 9.73. The van der Waals surface area contributed by atoms with Crippen molar-refractivity contribution in [3.05, 3.63) is 17.5 Å². The minimum Gasteiger partial charge on any atom is -0.465 e. The second-order valence-electron chi connectivity index (χ2n) is 5.96. The number of hydrogen-bond acceptors (Lipinski definition) is 5. The van der Waals surface area contributed by atoms with E-state index >= 15 is 0 Å². The molecule has 2 fully saturated rings. The highest BCUT2D eigenvalue weighted by Gasteiger charge is 2.50. The van der Waals surface area contributed by atoms with E-state index < -0.39 is 6.09 Å². The van der Waals surface area contributed by atoms with Crippen molar-refractivity contribution in [1.29, 1.82) is 0 Å². The Morgan fingerprint density at radius 1 is 1.45 bits per heavy atom. The molecule has 0 radical (unpaired) electrons. The van der Waals surface area contributed by atoms with Gasteiger partial charge in [-0.2, -0.15) is 0 Å². The number of halogens is 1. The third-order valence-electron chi connectivity index (χ3n) is 4.74. The lowest BCUT2D eigenvalue weighted by Crippen LogP contribution is -2.54. The summed E-state index contributed by atoms with van der Waals surface area (Å²) in [6.07, 6.45) is 3.74. The van der Waals surface area contributed by atoms with Gasteiger partial charge in [-0.3, -0.25) is 0 Å². The molecule has 1 aromatic heterocycles. The van der Waals surface area contributed by atoms with Crippen LogP contribution in [0.15, 0.2) is 12.4 Å². The maximum atomic E-state index is 11.0. The molecule has 2 aliphatic heterocycles. The summed E-state index contributed by atoms with van der Waals surface area (Å²) >= 11 is 6.10. The molecule has 3 heterocycles. The summed E-state index contributed by atoms with van der Waals surface area (Å²) in [6, 6.07) is -0.176. The smallest absolute Gasteiger partial charge is 0.404 e. The molecular formula is C14H19ClN4O3. The first-order valence-corrected chi connectivity index (χ1v) is 7.72. The molecule has 2 atom stereocenters. The van der Waals surface area contributed by atoms with Crippen LogP contribution in [-0.2, 0) is 4.74 Å². The van der Waals surface area contributed by atoms with Gasteiger partial charge in [-0.25, -0.2) is 14.8 Å². The van der Waals surface area contributed by atoms with Gasteiger partial charge in [0.15, 0.2) is 11.0 Å². The Bertz CT molecular complexity index is 563. The fourth-order valence-electron chi connectivity index (χ4n) is 3.53. The fourth-order valence-corrected chi connectivity index (χ4v) is 3.75. The summed E-state index contributed by atoms with van der Waals surface area (Å²) in [5.41, 5.74) is -0.150.